The monoisotopic (exact) mass is 395 g/mol. The normalized spacial score (nSPS) is 10.6. The molecule has 0 atom stereocenters. The Kier molecular flexibility index (Phi) is 6.84. The molecular weight excluding hydrogens is 370 g/mol. The van der Waals surface area contributed by atoms with Crippen LogP contribution in [0.2, 0.25) is 0 Å². The Morgan fingerprint density at radius 2 is 1.97 bits per heavy atom. The fraction of sp³-hybridized carbons (Fsp3) is 0.318. The molecule has 7 nitrogen and oxygen atoms in total. The van der Waals surface area contributed by atoms with Crippen LogP contribution >= 0.6 is 0 Å². The molecule has 0 radical (unpaired) electrons. The minimum absolute atomic E-state index is 0.0701. The first-order valence-corrected chi connectivity index (χ1v) is 9.55. The van der Waals surface area contributed by atoms with Crippen molar-refractivity contribution < 1.29 is 18.8 Å². The molecule has 29 heavy (non-hydrogen) atoms. The van der Waals surface area contributed by atoms with Gasteiger partial charge in [0.25, 0.3) is 0 Å². The van der Waals surface area contributed by atoms with E-state index >= 15 is 0 Å². The quantitative estimate of drug-likeness (QED) is 0.594. The molecule has 7 heteroatoms. The van der Waals surface area contributed by atoms with Crippen molar-refractivity contribution in [2.75, 3.05) is 13.7 Å². The summed E-state index contributed by atoms with van der Waals surface area (Å²) in [5.41, 5.74) is 2.97. The first kappa shape index (κ1) is 20.4. The molecule has 0 spiro atoms. The van der Waals surface area contributed by atoms with Gasteiger partial charge in [-0.3, -0.25) is 4.79 Å². The first-order valence-electron chi connectivity index (χ1n) is 9.55. The predicted molar refractivity (Wildman–Crippen MR) is 109 cm³/mol. The predicted octanol–water partition coefficient (Wildman–Crippen LogP) is 3.70. The summed E-state index contributed by atoms with van der Waals surface area (Å²) in [6, 6.07) is 13.4. The largest absolute Gasteiger partial charge is 0.496 e. The van der Waals surface area contributed by atoms with Gasteiger partial charge in [-0.2, -0.15) is 4.98 Å². The molecule has 0 fully saturated rings. The van der Waals surface area contributed by atoms with Gasteiger partial charge in [-0.05, 0) is 61.7 Å². The van der Waals surface area contributed by atoms with Gasteiger partial charge in [0, 0.05) is 12.0 Å². The number of nitrogens with one attached hydrogen (secondary N) is 1. The summed E-state index contributed by atoms with van der Waals surface area (Å²) < 4.78 is 15.9. The van der Waals surface area contributed by atoms with E-state index in [2.05, 4.69) is 15.5 Å². The van der Waals surface area contributed by atoms with Crippen molar-refractivity contribution in [3.63, 3.8) is 0 Å². The van der Waals surface area contributed by atoms with Crippen LogP contribution in [0.25, 0.3) is 11.4 Å². The molecule has 1 amide bonds. The van der Waals surface area contributed by atoms with E-state index < -0.39 is 0 Å². The fourth-order valence-corrected chi connectivity index (χ4v) is 2.93. The topological polar surface area (TPSA) is 86.5 Å². The molecule has 0 unspecified atom stereocenters. The number of carbonyl (C=O) groups is 1. The number of aromatic nitrogens is 2. The van der Waals surface area contributed by atoms with Crippen molar-refractivity contribution in [1.29, 1.82) is 0 Å². The molecule has 152 valence electrons. The van der Waals surface area contributed by atoms with E-state index in [1.807, 2.05) is 56.3 Å². The third kappa shape index (κ3) is 5.57. The summed E-state index contributed by atoms with van der Waals surface area (Å²) in [4.78, 5) is 16.5. The summed E-state index contributed by atoms with van der Waals surface area (Å²) in [5.74, 6) is 2.41. The van der Waals surface area contributed by atoms with Crippen LogP contribution in [0.1, 0.15) is 30.4 Å². The van der Waals surface area contributed by atoms with Crippen molar-refractivity contribution in [2.24, 2.45) is 0 Å². The third-order valence-electron chi connectivity index (χ3n) is 4.43. The number of ether oxygens (including phenoxy) is 2. The number of nitrogens with zero attached hydrogens (tertiary/aromatic N) is 2. The molecule has 0 saturated carbocycles. The lowest BCUT2D eigenvalue weighted by molar-refractivity contribution is -0.121. The van der Waals surface area contributed by atoms with Crippen LogP contribution in [0.15, 0.2) is 47.0 Å². The maximum absolute atomic E-state index is 12.1. The highest BCUT2D eigenvalue weighted by Crippen LogP contribution is 2.20. The van der Waals surface area contributed by atoms with E-state index in [1.165, 1.54) is 0 Å². The Morgan fingerprint density at radius 3 is 2.66 bits per heavy atom. The molecule has 1 aromatic heterocycles. The molecular formula is C22H25N3O4. The van der Waals surface area contributed by atoms with Crippen LogP contribution < -0.4 is 14.8 Å². The Balaban J connectivity index is 1.48. The van der Waals surface area contributed by atoms with Gasteiger partial charge in [0.1, 0.15) is 11.5 Å². The lowest BCUT2D eigenvalue weighted by Crippen LogP contribution is -2.23. The average Bonchev–Trinajstić information content (AvgIpc) is 3.21. The van der Waals surface area contributed by atoms with Crippen molar-refractivity contribution in [3.8, 4) is 22.9 Å². The van der Waals surface area contributed by atoms with Gasteiger partial charge in [0.05, 0.1) is 20.3 Å². The maximum Gasteiger partial charge on any atom is 0.246 e. The molecule has 2 aromatic carbocycles. The van der Waals surface area contributed by atoms with E-state index in [0.717, 1.165) is 28.2 Å². The number of aryl methyl sites for hydroxylation is 2. The van der Waals surface area contributed by atoms with E-state index in [1.54, 1.807) is 7.11 Å². The minimum atomic E-state index is -0.0701. The van der Waals surface area contributed by atoms with E-state index in [4.69, 9.17) is 14.0 Å². The number of carbonyl (C=O) groups excluding carboxylic acids is 1. The average molecular weight is 395 g/mol. The molecule has 3 rings (SSSR count). The summed E-state index contributed by atoms with van der Waals surface area (Å²) in [6.07, 6.45) is 1.03. The smallest absolute Gasteiger partial charge is 0.246 e. The van der Waals surface area contributed by atoms with Gasteiger partial charge < -0.3 is 19.3 Å². The number of methoxy groups -OCH3 is 1. The zero-order valence-corrected chi connectivity index (χ0v) is 16.9. The van der Waals surface area contributed by atoms with E-state index in [0.29, 0.717) is 31.2 Å². The molecule has 0 saturated heterocycles. The van der Waals surface area contributed by atoms with Crippen LogP contribution in [-0.4, -0.2) is 29.8 Å². The summed E-state index contributed by atoms with van der Waals surface area (Å²) in [5, 5.41) is 6.79. The van der Waals surface area contributed by atoms with Gasteiger partial charge in [0.2, 0.25) is 17.6 Å². The van der Waals surface area contributed by atoms with Crippen molar-refractivity contribution in [1.82, 2.24) is 15.5 Å². The second-order valence-electron chi connectivity index (χ2n) is 6.55. The van der Waals surface area contributed by atoms with Crippen LogP contribution in [0, 0.1) is 6.92 Å². The van der Waals surface area contributed by atoms with Crippen molar-refractivity contribution in [3.05, 3.63) is 59.5 Å². The maximum atomic E-state index is 12.1. The first-order chi connectivity index (χ1) is 14.1. The van der Waals surface area contributed by atoms with E-state index in [9.17, 15) is 4.79 Å². The SMILES string of the molecule is CCOc1ccc(-c2noc(CNC(=O)CCc3ccc(OC)c(C)c3)n2)cc1. The Hall–Kier alpha value is -3.35. The lowest BCUT2D eigenvalue weighted by Gasteiger charge is -2.07. The zero-order chi connectivity index (χ0) is 20.6. The highest BCUT2D eigenvalue weighted by Gasteiger charge is 2.11. The Bertz CT molecular complexity index is 951. The number of hydrogen-bond donors (Lipinski definition) is 1. The second-order valence-corrected chi connectivity index (χ2v) is 6.55. The van der Waals surface area contributed by atoms with Crippen LogP contribution in [0.3, 0.4) is 0 Å². The summed E-state index contributed by atoms with van der Waals surface area (Å²) >= 11 is 0. The molecule has 0 bridgehead atoms. The molecule has 0 aliphatic carbocycles. The van der Waals surface area contributed by atoms with E-state index in [-0.39, 0.29) is 12.5 Å². The third-order valence-corrected chi connectivity index (χ3v) is 4.43. The number of rotatable bonds is 9. The lowest BCUT2D eigenvalue weighted by atomic mass is 10.1. The van der Waals surface area contributed by atoms with Gasteiger partial charge in [-0.15, -0.1) is 0 Å². The van der Waals surface area contributed by atoms with Gasteiger partial charge in [-0.1, -0.05) is 17.3 Å². The van der Waals surface area contributed by atoms with Gasteiger partial charge in [0.15, 0.2) is 0 Å². The molecule has 0 aliphatic rings. The van der Waals surface area contributed by atoms with Crippen LogP contribution in [-0.2, 0) is 17.8 Å². The van der Waals surface area contributed by atoms with Crippen molar-refractivity contribution >= 4 is 5.91 Å². The molecule has 3 aromatic rings. The van der Waals surface area contributed by atoms with Gasteiger partial charge in [-0.25, -0.2) is 0 Å². The minimum Gasteiger partial charge on any atom is -0.496 e. The fourth-order valence-electron chi connectivity index (χ4n) is 2.93. The highest BCUT2D eigenvalue weighted by molar-refractivity contribution is 5.76. The summed E-state index contributed by atoms with van der Waals surface area (Å²) in [7, 11) is 1.65. The van der Waals surface area contributed by atoms with Crippen LogP contribution in [0.5, 0.6) is 11.5 Å². The summed E-state index contributed by atoms with van der Waals surface area (Å²) in [6.45, 7) is 4.74. The standard InChI is InChI=1S/C22H25N3O4/c1-4-28-18-9-7-17(8-10-18)22-24-21(29-25-22)14-23-20(26)12-6-16-5-11-19(27-3)15(2)13-16/h5,7-11,13H,4,6,12,14H2,1-3H3,(H,23,26). The number of amides is 1. The molecule has 1 N–H and O–H groups in total. The second kappa shape index (κ2) is 9.73. The van der Waals surface area contributed by atoms with Crippen LogP contribution in [0.4, 0.5) is 0 Å². The number of hydrogen-bond acceptors (Lipinski definition) is 6. The van der Waals surface area contributed by atoms with Gasteiger partial charge >= 0.3 is 0 Å². The molecule has 0 aliphatic heterocycles. The number of benzene rings is 2. The zero-order valence-electron chi connectivity index (χ0n) is 16.9. The Morgan fingerprint density at radius 1 is 1.17 bits per heavy atom. The molecule has 1 heterocycles. The Labute approximate surface area is 170 Å². The highest BCUT2D eigenvalue weighted by atomic mass is 16.5. The van der Waals surface area contributed by atoms with Crippen molar-refractivity contribution in [2.45, 2.75) is 33.2 Å².